The number of fused-ring (bicyclic) bond motifs is 1. The molecule has 2 N–H and O–H groups in total. The van der Waals surface area contributed by atoms with Crippen LogP contribution < -0.4 is 0 Å². The predicted molar refractivity (Wildman–Crippen MR) is 146 cm³/mol. The van der Waals surface area contributed by atoms with Gasteiger partial charge in [0.1, 0.15) is 17.8 Å². The number of esters is 2. The molecule has 0 amide bonds. The molecule has 4 fully saturated rings. The second-order valence-electron chi connectivity index (χ2n) is 12.8. The van der Waals surface area contributed by atoms with E-state index in [2.05, 4.69) is 37.5 Å². The lowest BCUT2D eigenvalue weighted by Gasteiger charge is -2.50. The quantitative estimate of drug-likeness (QED) is 0.373. The first-order valence-electron chi connectivity index (χ1n) is 14.1. The van der Waals surface area contributed by atoms with Gasteiger partial charge in [0, 0.05) is 43.9 Å². The Hall–Kier alpha value is -2.36. The first-order valence-corrected chi connectivity index (χ1v) is 14.1. The number of ether oxygens (including phenoxy) is 2. The molecule has 0 saturated heterocycles. The zero-order chi connectivity index (χ0) is 27.9. The van der Waals surface area contributed by atoms with Gasteiger partial charge in [-0.25, -0.2) is 0 Å². The van der Waals surface area contributed by atoms with Crippen molar-refractivity contribution < 1.29 is 29.3 Å². The van der Waals surface area contributed by atoms with Crippen LogP contribution in [0.2, 0.25) is 0 Å². The highest BCUT2D eigenvalue weighted by atomic mass is 16.6. The molecule has 0 aliphatic heterocycles. The molecule has 4 aliphatic rings. The van der Waals surface area contributed by atoms with Crippen molar-refractivity contribution in [1.82, 2.24) is 0 Å². The summed E-state index contributed by atoms with van der Waals surface area (Å²) in [6, 6.07) is 0. The molecule has 5 atom stereocenters. The summed E-state index contributed by atoms with van der Waals surface area (Å²) in [6.07, 6.45) is 11.6. The SMILES string of the molecule is C=C1C(=CC=C2CCC[C@@]3(C)C2CCC3(O)C2(CC#CC(C)(C)O)CC2)CC(OC(C)=O)C[C@@H]1OC(C)=O. The van der Waals surface area contributed by atoms with Gasteiger partial charge in [-0.1, -0.05) is 43.1 Å². The van der Waals surface area contributed by atoms with Crippen LogP contribution in [0.15, 0.2) is 35.5 Å². The van der Waals surface area contributed by atoms with Crippen LogP contribution in [0, 0.1) is 28.6 Å². The minimum atomic E-state index is -1.03. The molecule has 3 unspecified atom stereocenters. The van der Waals surface area contributed by atoms with Crippen molar-refractivity contribution >= 4 is 11.9 Å². The van der Waals surface area contributed by atoms with Crippen LogP contribution in [0.1, 0.15) is 98.8 Å². The number of hydrogen-bond acceptors (Lipinski definition) is 6. The lowest BCUT2D eigenvalue weighted by molar-refractivity contribution is -0.152. The smallest absolute Gasteiger partial charge is 0.303 e. The largest absolute Gasteiger partial charge is 0.462 e. The van der Waals surface area contributed by atoms with Gasteiger partial charge in [-0.05, 0) is 75.9 Å². The van der Waals surface area contributed by atoms with E-state index in [9.17, 15) is 19.8 Å². The number of aliphatic hydroxyl groups is 2. The van der Waals surface area contributed by atoms with E-state index in [1.165, 1.54) is 19.4 Å². The van der Waals surface area contributed by atoms with E-state index < -0.39 is 17.3 Å². The summed E-state index contributed by atoms with van der Waals surface area (Å²) in [6.45, 7) is 12.6. The Morgan fingerprint density at radius 2 is 1.82 bits per heavy atom. The van der Waals surface area contributed by atoms with Crippen molar-refractivity contribution in [3.63, 3.8) is 0 Å². The molecular formula is C32H44O6. The molecule has 6 heteroatoms. The second kappa shape index (κ2) is 10.3. The number of allylic oxidation sites excluding steroid dienone is 3. The summed E-state index contributed by atoms with van der Waals surface area (Å²) in [5, 5.41) is 22.3. The molecule has 4 aliphatic carbocycles. The molecule has 0 aromatic rings. The highest BCUT2D eigenvalue weighted by Gasteiger charge is 2.70. The van der Waals surface area contributed by atoms with Crippen molar-refractivity contribution in [2.45, 2.75) is 122 Å². The molecule has 0 spiro atoms. The second-order valence-corrected chi connectivity index (χ2v) is 12.8. The highest BCUT2D eigenvalue weighted by molar-refractivity contribution is 5.67. The van der Waals surface area contributed by atoms with Gasteiger partial charge in [0.25, 0.3) is 0 Å². The first-order chi connectivity index (χ1) is 17.7. The first kappa shape index (κ1) is 28.6. The average Bonchev–Trinajstić information content (AvgIpc) is 3.53. The number of hydrogen-bond donors (Lipinski definition) is 2. The van der Waals surface area contributed by atoms with Gasteiger partial charge < -0.3 is 19.7 Å². The Bertz CT molecular complexity index is 1110. The molecule has 38 heavy (non-hydrogen) atoms. The van der Waals surface area contributed by atoms with Gasteiger partial charge in [0.2, 0.25) is 0 Å². The lowest BCUT2D eigenvalue weighted by Crippen LogP contribution is -2.53. The van der Waals surface area contributed by atoms with Crippen LogP contribution in [0.3, 0.4) is 0 Å². The summed E-state index contributed by atoms with van der Waals surface area (Å²) in [5.74, 6) is 5.69. The Kier molecular flexibility index (Phi) is 7.78. The molecule has 0 aromatic carbocycles. The fourth-order valence-electron chi connectivity index (χ4n) is 7.52. The van der Waals surface area contributed by atoms with Crippen molar-refractivity contribution in [3.8, 4) is 11.8 Å². The third kappa shape index (κ3) is 5.51. The molecule has 0 radical (unpaired) electrons. The third-order valence-electron chi connectivity index (χ3n) is 9.53. The average molecular weight is 525 g/mol. The van der Waals surface area contributed by atoms with Crippen LogP contribution in [0.5, 0.6) is 0 Å². The Morgan fingerprint density at radius 1 is 1.13 bits per heavy atom. The monoisotopic (exact) mass is 524 g/mol. The molecule has 208 valence electrons. The molecule has 0 aromatic heterocycles. The summed E-state index contributed by atoms with van der Waals surface area (Å²) in [4.78, 5) is 23.3. The lowest BCUT2D eigenvalue weighted by atomic mass is 9.57. The molecule has 6 nitrogen and oxygen atoms in total. The van der Waals surface area contributed by atoms with E-state index in [0.717, 1.165) is 56.1 Å². The summed E-state index contributed by atoms with van der Waals surface area (Å²) in [5.41, 5.74) is 0.801. The van der Waals surface area contributed by atoms with Crippen molar-refractivity contribution in [3.05, 3.63) is 35.5 Å². The summed E-state index contributed by atoms with van der Waals surface area (Å²) < 4.78 is 11.0. The van der Waals surface area contributed by atoms with Gasteiger partial charge in [-0.15, -0.1) is 0 Å². The van der Waals surface area contributed by atoms with E-state index in [-0.39, 0.29) is 34.8 Å². The van der Waals surface area contributed by atoms with E-state index in [0.29, 0.717) is 19.3 Å². The van der Waals surface area contributed by atoms with Gasteiger partial charge in [-0.3, -0.25) is 9.59 Å². The highest BCUT2D eigenvalue weighted by Crippen LogP contribution is 2.71. The molecular weight excluding hydrogens is 480 g/mol. The van der Waals surface area contributed by atoms with Gasteiger partial charge in [-0.2, -0.15) is 0 Å². The van der Waals surface area contributed by atoms with Crippen molar-refractivity contribution in [2.24, 2.45) is 16.7 Å². The fraction of sp³-hybridized carbons (Fsp3) is 0.688. The van der Waals surface area contributed by atoms with Crippen LogP contribution >= 0.6 is 0 Å². The Labute approximate surface area is 227 Å². The zero-order valence-electron chi connectivity index (χ0n) is 23.7. The maximum Gasteiger partial charge on any atom is 0.303 e. The topological polar surface area (TPSA) is 93.1 Å². The maximum absolute atomic E-state index is 12.3. The number of carbonyl (C=O) groups is 2. The standard InChI is InChI=1S/C32H44O6/c1-21-25(19-26(37-22(2)33)20-28(21)38-23(3)34)11-10-24-9-7-14-30(6)27(24)12-16-32(30,36)31(17-18-31)15-8-13-29(4,5)35/h10-11,26-28,35-36H,1,7,9,12,14-20H2,2-6H3/t26?,27?,28-,30-,32?/m0/s1. The predicted octanol–water partition coefficient (Wildman–Crippen LogP) is 5.33. The van der Waals surface area contributed by atoms with E-state index >= 15 is 0 Å². The maximum atomic E-state index is 12.3. The fourth-order valence-corrected chi connectivity index (χ4v) is 7.52. The van der Waals surface area contributed by atoms with Crippen molar-refractivity contribution in [1.29, 1.82) is 0 Å². The van der Waals surface area contributed by atoms with E-state index in [4.69, 9.17) is 9.47 Å². The zero-order valence-corrected chi connectivity index (χ0v) is 23.7. The van der Waals surface area contributed by atoms with Gasteiger partial charge in [0.15, 0.2) is 0 Å². The van der Waals surface area contributed by atoms with Crippen LogP contribution in [0.4, 0.5) is 0 Å². The van der Waals surface area contributed by atoms with E-state index in [1.54, 1.807) is 13.8 Å². The van der Waals surface area contributed by atoms with Gasteiger partial charge in [0.05, 0.1) is 5.60 Å². The minimum absolute atomic E-state index is 0.193. The number of carbonyl (C=O) groups excluding carboxylic acids is 2. The normalized spacial score (nSPS) is 36.3. The molecule has 0 bridgehead atoms. The molecule has 4 rings (SSSR count). The number of rotatable bonds is 5. The van der Waals surface area contributed by atoms with Gasteiger partial charge >= 0.3 is 11.9 Å². The molecule has 0 heterocycles. The Balaban J connectivity index is 1.58. The third-order valence-corrected chi connectivity index (χ3v) is 9.53. The van der Waals surface area contributed by atoms with Crippen molar-refractivity contribution in [2.75, 3.05) is 0 Å². The Morgan fingerprint density at radius 3 is 2.42 bits per heavy atom. The van der Waals surface area contributed by atoms with Crippen LogP contribution in [-0.2, 0) is 19.1 Å². The summed E-state index contributed by atoms with van der Waals surface area (Å²) in [7, 11) is 0. The van der Waals surface area contributed by atoms with Crippen LogP contribution in [0.25, 0.3) is 0 Å². The minimum Gasteiger partial charge on any atom is -0.462 e. The van der Waals surface area contributed by atoms with E-state index in [1.807, 2.05) is 0 Å². The van der Waals surface area contributed by atoms with Crippen LogP contribution in [-0.4, -0.2) is 45.6 Å². The summed E-state index contributed by atoms with van der Waals surface area (Å²) >= 11 is 0. The molecule has 4 saturated carbocycles.